The molecule has 10 heteroatoms. The summed E-state index contributed by atoms with van der Waals surface area (Å²) in [6.07, 6.45) is 0.591. The summed E-state index contributed by atoms with van der Waals surface area (Å²) in [6, 6.07) is 13.0. The number of aryl methyl sites for hydroxylation is 1. The Morgan fingerprint density at radius 3 is 2.60 bits per heavy atom. The van der Waals surface area contributed by atoms with Crippen LogP contribution in [0.3, 0.4) is 0 Å². The maximum absolute atomic E-state index is 13.0. The van der Waals surface area contributed by atoms with Crippen LogP contribution in [-0.2, 0) is 17.8 Å². The van der Waals surface area contributed by atoms with Gasteiger partial charge in [0.05, 0.1) is 31.0 Å². The van der Waals surface area contributed by atoms with Crippen molar-refractivity contribution in [1.82, 2.24) is 20.1 Å². The molecule has 0 saturated heterocycles. The average Bonchev–Trinajstić information content (AvgIpc) is 3.27. The number of ether oxygens (including phenoxy) is 3. The molecule has 0 radical (unpaired) electrons. The van der Waals surface area contributed by atoms with E-state index in [0.29, 0.717) is 46.1 Å². The summed E-state index contributed by atoms with van der Waals surface area (Å²) in [6.45, 7) is 2.02. The lowest BCUT2D eigenvalue weighted by atomic mass is 10.1. The SMILES string of the molecule is COc1cccc(-c2nn(CC(=O)NCCc3ccc(OC)c(OC)c3)c(=O)c3nc(C)sc23)c1. The molecule has 2 heterocycles. The van der Waals surface area contributed by atoms with E-state index in [4.69, 9.17) is 14.2 Å². The summed E-state index contributed by atoms with van der Waals surface area (Å²) in [5, 5.41) is 8.14. The molecular weight excluding hydrogens is 468 g/mol. The highest BCUT2D eigenvalue weighted by molar-refractivity contribution is 7.19. The molecular formula is C25H26N4O5S. The summed E-state index contributed by atoms with van der Waals surface area (Å²) >= 11 is 1.40. The van der Waals surface area contributed by atoms with Crippen molar-refractivity contribution in [1.29, 1.82) is 0 Å². The van der Waals surface area contributed by atoms with Gasteiger partial charge in [0.2, 0.25) is 5.91 Å². The number of benzene rings is 2. The number of hydrogen-bond acceptors (Lipinski definition) is 8. The van der Waals surface area contributed by atoms with Crippen LogP contribution >= 0.6 is 11.3 Å². The fourth-order valence-corrected chi connectivity index (χ4v) is 4.62. The van der Waals surface area contributed by atoms with Crippen molar-refractivity contribution in [2.24, 2.45) is 0 Å². The zero-order valence-corrected chi connectivity index (χ0v) is 20.8. The standard InChI is InChI=1S/C25H26N4O5S/c1-15-27-23-24(35-15)22(17-6-5-7-18(13-17)32-2)28-29(25(23)31)14-21(30)26-11-10-16-8-9-19(33-3)20(12-16)34-4/h5-9,12-13H,10-11,14H2,1-4H3,(H,26,30). The fourth-order valence-electron chi connectivity index (χ4n) is 3.71. The maximum atomic E-state index is 13.0. The molecule has 0 aliphatic carbocycles. The van der Waals surface area contributed by atoms with Gasteiger partial charge in [-0.3, -0.25) is 9.59 Å². The Kier molecular flexibility index (Phi) is 7.31. The molecule has 0 bridgehead atoms. The van der Waals surface area contributed by atoms with Gasteiger partial charge in [0.1, 0.15) is 18.0 Å². The van der Waals surface area contributed by atoms with Crippen LogP contribution in [-0.4, -0.2) is 48.5 Å². The summed E-state index contributed by atoms with van der Waals surface area (Å²) < 4.78 is 17.8. The van der Waals surface area contributed by atoms with Crippen molar-refractivity contribution in [3.05, 3.63) is 63.4 Å². The number of nitrogens with one attached hydrogen (secondary N) is 1. The number of fused-ring (bicyclic) bond motifs is 1. The van der Waals surface area contributed by atoms with Crippen LogP contribution in [0.5, 0.6) is 17.2 Å². The predicted octanol–water partition coefficient (Wildman–Crippen LogP) is 3.21. The van der Waals surface area contributed by atoms with Crippen LogP contribution in [0, 0.1) is 6.92 Å². The highest BCUT2D eigenvalue weighted by atomic mass is 32.1. The molecule has 0 atom stereocenters. The average molecular weight is 495 g/mol. The van der Waals surface area contributed by atoms with E-state index < -0.39 is 5.56 Å². The number of thiazole rings is 1. The third-order valence-corrected chi connectivity index (χ3v) is 6.40. The fraction of sp³-hybridized carbons (Fsp3) is 0.280. The zero-order chi connectivity index (χ0) is 24.9. The first-order valence-corrected chi connectivity index (χ1v) is 11.8. The normalized spacial score (nSPS) is 10.9. The van der Waals surface area contributed by atoms with Crippen molar-refractivity contribution < 1.29 is 19.0 Å². The molecule has 4 rings (SSSR count). The van der Waals surface area contributed by atoms with Crippen molar-refractivity contribution in [2.75, 3.05) is 27.9 Å². The second-order valence-electron chi connectivity index (χ2n) is 7.74. The molecule has 1 N–H and O–H groups in total. The topological polar surface area (TPSA) is 105 Å². The van der Waals surface area contributed by atoms with Crippen LogP contribution in [0.2, 0.25) is 0 Å². The summed E-state index contributed by atoms with van der Waals surface area (Å²) in [5.41, 5.74) is 2.25. The van der Waals surface area contributed by atoms with E-state index in [1.807, 2.05) is 49.4 Å². The molecule has 4 aromatic rings. The highest BCUT2D eigenvalue weighted by Crippen LogP contribution is 2.31. The van der Waals surface area contributed by atoms with Gasteiger partial charge >= 0.3 is 0 Å². The smallest absolute Gasteiger partial charge is 0.294 e. The molecule has 182 valence electrons. The Hall–Kier alpha value is -3.92. The van der Waals surface area contributed by atoms with E-state index in [1.54, 1.807) is 21.3 Å². The summed E-state index contributed by atoms with van der Waals surface area (Å²) in [5.74, 6) is 1.63. The molecule has 0 spiro atoms. The van der Waals surface area contributed by atoms with Crippen molar-refractivity contribution >= 4 is 27.5 Å². The molecule has 2 aromatic carbocycles. The Bertz CT molecular complexity index is 1430. The van der Waals surface area contributed by atoms with Gasteiger partial charge in [-0.15, -0.1) is 11.3 Å². The third kappa shape index (κ3) is 5.27. The number of aromatic nitrogens is 3. The van der Waals surface area contributed by atoms with E-state index >= 15 is 0 Å². The first-order valence-electron chi connectivity index (χ1n) is 10.9. The second kappa shape index (κ2) is 10.6. The summed E-state index contributed by atoms with van der Waals surface area (Å²) in [4.78, 5) is 30.1. The quantitative estimate of drug-likeness (QED) is 0.381. The first-order chi connectivity index (χ1) is 16.9. The molecule has 0 fully saturated rings. The van der Waals surface area contributed by atoms with Crippen molar-refractivity contribution in [3.63, 3.8) is 0 Å². The monoisotopic (exact) mass is 494 g/mol. The van der Waals surface area contributed by atoms with Gasteiger partial charge < -0.3 is 19.5 Å². The summed E-state index contributed by atoms with van der Waals surface area (Å²) in [7, 11) is 4.75. The molecule has 0 saturated carbocycles. The molecule has 35 heavy (non-hydrogen) atoms. The van der Waals surface area contributed by atoms with Crippen LogP contribution in [0.1, 0.15) is 10.6 Å². The second-order valence-corrected chi connectivity index (χ2v) is 8.95. The maximum Gasteiger partial charge on any atom is 0.294 e. The van der Waals surface area contributed by atoms with Gasteiger partial charge in [0.25, 0.3) is 5.56 Å². The van der Waals surface area contributed by atoms with E-state index in [-0.39, 0.29) is 12.5 Å². The molecule has 1 amide bonds. The third-order valence-electron chi connectivity index (χ3n) is 5.43. The largest absolute Gasteiger partial charge is 0.497 e. The van der Waals surface area contributed by atoms with Gasteiger partial charge in [0, 0.05) is 12.1 Å². The molecule has 0 aliphatic rings. The minimum atomic E-state index is -0.397. The lowest BCUT2D eigenvalue weighted by molar-refractivity contribution is -0.121. The number of rotatable bonds is 9. The van der Waals surface area contributed by atoms with E-state index in [2.05, 4.69) is 15.4 Å². The first kappa shape index (κ1) is 24.2. The van der Waals surface area contributed by atoms with Crippen LogP contribution in [0.15, 0.2) is 47.3 Å². The van der Waals surface area contributed by atoms with E-state index in [1.165, 1.54) is 16.0 Å². The molecule has 0 aliphatic heterocycles. The Morgan fingerprint density at radius 1 is 1.06 bits per heavy atom. The van der Waals surface area contributed by atoms with E-state index in [9.17, 15) is 9.59 Å². The minimum absolute atomic E-state index is 0.214. The number of carbonyl (C=O) groups excluding carboxylic acids is 1. The van der Waals surface area contributed by atoms with Crippen LogP contribution < -0.4 is 25.1 Å². The number of methoxy groups -OCH3 is 3. The van der Waals surface area contributed by atoms with Crippen molar-refractivity contribution in [2.45, 2.75) is 19.9 Å². The van der Waals surface area contributed by atoms with Gasteiger partial charge in [-0.25, -0.2) is 9.67 Å². The minimum Gasteiger partial charge on any atom is -0.497 e. The number of hydrogen-bond donors (Lipinski definition) is 1. The Morgan fingerprint density at radius 2 is 1.86 bits per heavy atom. The van der Waals surface area contributed by atoms with Crippen molar-refractivity contribution in [3.8, 4) is 28.5 Å². The lowest BCUT2D eigenvalue weighted by Gasteiger charge is -2.11. The zero-order valence-electron chi connectivity index (χ0n) is 20.0. The Balaban J connectivity index is 1.53. The van der Waals surface area contributed by atoms with Gasteiger partial charge in [-0.2, -0.15) is 5.10 Å². The van der Waals surface area contributed by atoms with Gasteiger partial charge in [-0.1, -0.05) is 18.2 Å². The van der Waals surface area contributed by atoms with E-state index in [0.717, 1.165) is 16.1 Å². The van der Waals surface area contributed by atoms with Crippen LogP contribution in [0.4, 0.5) is 0 Å². The van der Waals surface area contributed by atoms with Crippen LogP contribution in [0.25, 0.3) is 21.5 Å². The molecule has 0 unspecified atom stereocenters. The highest BCUT2D eigenvalue weighted by Gasteiger charge is 2.18. The van der Waals surface area contributed by atoms with Gasteiger partial charge in [0.15, 0.2) is 17.0 Å². The predicted molar refractivity (Wildman–Crippen MR) is 135 cm³/mol. The molecule has 2 aromatic heterocycles. The lowest BCUT2D eigenvalue weighted by Crippen LogP contribution is -2.35. The number of nitrogens with zero attached hydrogens (tertiary/aromatic N) is 3. The number of amides is 1. The molecule has 9 nitrogen and oxygen atoms in total. The Labute approximate surface area is 206 Å². The number of carbonyl (C=O) groups is 1. The van der Waals surface area contributed by atoms with Gasteiger partial charge in [-0.05, 0) is 43.2 Å².